The van der Waals surface area contributed by atoms with Gasteiger partial charge < -0.3 is 29.7 Å². The zero-order valence-electron chi connectivity index (χ0n) is 13.5. The number of benzene rings is 1. The van der Waals surface area contributed by atoms with Crippen LogP contribution in [0, 0.1) is 0 Å². The van der Waals surface area contributed by atoms with Gasteiger partial charge in [-0.25, -0.2) is 9.59 Å². The summed E-state index contributed by atoms with van der Waals surface area (Å²) in [5.74, 6) is 1.16. The highest BCUT2D eigenvalue weighted by Gasteiger charge is 2.25. The van der Waals surface area contributed by atoms with Gasteiger partial charge in [-0.3, -0.25) is 0 Å². The number of rotatable bonds is 2. The monoisotopic (exact) mass is 335 g/mol. The van der Waals surface area contributed by atoms with Gasteiger partial charge in [0.05, 0.1) is 12.8 Å². The third kappa shape index (κ3) is 3.64. The van der Waals surface area contributed by atoms with Crippen molar-refractivity contribution in [1.29, 1.82) is 0 Å². The number of likely N-dealkylation sites (tertiary alicyclic amines) is 1. The Bertz CT molecular complexity index is 622. The molecule has 1 fully saturated rings. The summed E-state index contributed by atoms with van der Waals surface area (Å²) in [5.41, 5.74) is 0.560. The van der Waals surface area contributed by atoms with Crippen molar-refractivity contribution < 1.29 is 23.8 Å². The molecule has 2 N–H and O–H groups in total. The van der Waals surface area contributed by atoms with Gasteiger partial charge >= 0.3 is 12.1 Å². The van der Waals surface area contributed by atoms with Gasteiger partial charge in [0.1, 0.15) is 13.2 Å². The second-order valence-corrected chi connectivity index (χ2v) is 5.68. The molecule has 2 heterocycles. The molecule has 8 nitrogen and oxygen atoms in total. The molecule has 1 saturated heterocycles. The van der Waals surface area contributed by atoms with Gasteiger partial charge in [-0.1, -0.05) is 6.07 Å². The van der Waals surface area contributed by atoms with E-state index in [0.29, 0.717) is 43.5 Å². The number of nitrogens with one attached hydrogen (secondary N) is 2. The number of methoxy groups -OCH3 is 1. The molecule has 0 bridgehead atoms. The van der Waals surface area contributed by atoms with Gasteiger partial charge in [0.25, 0.3) is 0 Å². The quantitative estimate of drug-likeness (QED) is 0.860. The lowest BCUT2D eigenvalue weighted by atomic mass is 10.1. The first-order valence-electron chi connectivity index (χ1n) is 7.96. The number of amides is 3. The first-order chi connectivity index (χ1) is 11.7. The lowest BCUT2D eigenvalue weighted by Gasteiger charge is -2.32. The first kappa shape index (κ1) is 16.2. The third-order valence-electron chi connectivity index (χ3n) is 4.00. The van der Waals surface area contributed by atoms with Crippen molar-refractivity contribution >= 4 is 17.8 Å². The van der Waals surface area contributed by atoms with Crippen LogP contribution in [0.2, 0.25) is 0 Å². The summed E-state index contributed by atoms with van der Waals surface area (Å²) >= 11 is 0. The second-order valence-electron chi connectivity index (χ2n) is 5.68. The normalized spacial score (nSPS) is 19.4. The fraction of sp³-hybridized carbons (Fsp3) is 0.500. The minimum absolute atomic E-state index is 0.116. The van der Waals surface area contributed by atoms with Gasteiger partial charge in [0.2, 0.25) is 0 Å². The molecule has 2 aliphatic rings. The molecule has 0 saturated carbocycles. The molecule has 0 spiro atoms. The Labute approximate surface area is 140 Å². The smallest absolute Gasteiger partial charge is 0.409 e. The van der Waals surface area contributed by atoms with E-state index in [2.05, 4.69) is 10.6 Å². The summed E-state index contributed by atoms with van der Waals surface area (Å²) in [4.78, 5) is 25.4. The van der Waals surface area contributed by atoms with Gasteiger partial charge in [-0.2, -0.15) is 0 Å². The van der Waals surface area contributed by atoms with E-state index >= 15 is 0 Å². The first-order valence-corrected chi connectivity index (χ1v) is 7.96. The molecule has 1 aromatic rings. The van der Waals surface area contributed by atoms with Gasteiger partial charge in [0, 0.05) is 19.1 Å². The van der Waals surface area contributed by atoms with Crippen molar-refractivity contribution in [2.75, 3.05) is 38.7 Å². The lowest BCUT2D eigenvalue weighted by molar-refractivity contribution is 0.108. The minimum atomic E-state index is -0.371. The summed E-state index contributed by atoms with van der Waals surface area (Å²) in [5, 5.41) is 5.67. The van der Waals surface area contributed by atoms with Crippen LogP contribution in [0.4, 0.5) is 15.3 Å². The van der Waals surface area contributed by atoms with Crippen LogP contribution in [-0.2, 0) is 4.74 Å². The number of anilines is 1. The molecule has 130 valence electrons. The fourth-order valence-electron chi connectivity index (χ4n) is 2.91. The number of hydrogen-bond acceptors (Lipinski definition) is 5. The number of carbonyl (C=O) groups is 2. The number of carbonyl (C=O) groups excluding carboxylic acids is 2. The number of urea groups is 1. The minimum Gasteiger partial charge on any atom is -0.486 e. The molecule has 0 aliphatic carbocycles. The van der Waals surface area contributed by atoms with E-state index in [0.717, 1.165) is 12.8 Å². The highest BCUT2D eigenvalue weighted by atomic mass is 16.6. The molecular formula is C16H21N3O5. The molecule has 1 atom stereocenters. The molecule has 1 aromatic carbocycles. The largest absolute Gasteiger partial charge is 0.486 e. The van der Waals surface area contributed by atoms with Gasteiger partial charge in [0.15, 0.2) is 11.5 Å². The summed E-state index contributed by atoms with van der Waals surface area (Å²) in [7, 11) is 1.35. The maximum Gasteiger partial charge on any atom is 0.409 e. The fourth-order valence-corrected chi connectivity index (χ4v) is 2.91. The molecule has 8 heteroatoms. The molecule has 0 unspecified atom stereocenters. The van der Waals surface area contributed by atoms with Crippen LogP contribution in [-0.4, -0.2) is 56.5 Å². The zero-order valence-corrected chi connectivity index (χ0v) is 13.5. The van der Waals surface area contributed by atoms with E-state index in [1.54, 1.807) is 23.1 Å². The van der Waals surface area contributed by atoms with Crippen LogP contribution < -0.4 is 20.1 Å². The van der Waals surface area contributed by atoms with E-state index in [1.807, 2.05) is 0 Å². The number of nitrogens with zero attached hydrogens (tertiary/aromatic N) is 1. The van der Waals surface area contributed by atoms with E-state index < -0.39 is 0 Å². The van der Waals surface area contributed by atoms with E-state index in [1.165, 1.54) is 7.11 Å². The average Bonchev–Trinajstić information content (AvgIpc) is 2.61. The Morgan fingerprint density at radius 2 is 2.12 bits per heavy atom. The highest BCUT2D eigenvalue weighted by Crippen LogP contribution is 2.37. The summed E-state index contributed by atoms with van der Waals surface area (Å²) in [6.45, 7) is 2.02. The Kier molecular flexibility index (Phi) is 4.93. The predicted molar refractivity (Wildman–Crippen MR) is 86.6 cm³/mol. The van der Waals surface area contributed by atoms with Crippen LogP contribution in [0.25, 0.3) is 0 Å². The van der Waals surface area contributed by atoms with Crippen LogP contribution in [0.1, 0.15) is 12.8 Å². The number of hydrogen-bond donors (Lipinski definition) is 2. The lowest BCUT2D eigenvalue weighted by Crippen LogP contribution is -2.50. The van der Waals surface area contributed by atoms with E-state index in [-0.39, 0.29) is 18.2 Å². The molecule has 0 aromatic heterocycles. The second kappa shape index (κ2) is 7.29. The molecule has 24 heavy (non-hydrogen) atoms. The topological polar surface area (TPSA) is 89.1 Å². The van der Waals surface area contributed by atoms with Crippen molar-refractivity contribution in [3.8, 4) is 11.5 Å². The summed E-state index contributed by atoms with van der Waals surface area (Å²) < 4.78 is 15.8. The van der Waals surface area contributed by atoms with Crippen LogP contribution in [0.3, 0.4) is 0 Å². The predicted octanol–water partition coefficient (Wildman–Crippen LogP) is 1.81. The zero-order chi connectivity index (χ0) is 16.9. The third-order valence-corrected chi connectivity index (χ3v) is 4.00. The summed E-state index contributed by atoms with van der Waals surface area (Å²) in [6, 6.07) is 4.90. The number of ether oxygens (including phenoxy) is 3. The number of para-hydroxylation sites is 1. The van der Waals surface area contributed by atoms with Crippen molar-refractivity contribution in [2.45, 2.75) is 18.9 Å². The Morgan fingerprint density at radius 1 is 1.29 bits per heavy atom. The molecule has 0 radical (unpaired) electrons. The van der Waals surface area contributed by atoms with Crippen LogP contribution >= 0.6 is 0 Å². The summed E-state index contributed by atoms with van der Waals surface area (Å²) in [6.07, 6.45) is 1.26. The molecule has 3 rings (SSSR count). The van der Waals surface area contributed by atoms with E-state index in [4.69, 9.17) is 14.2 Å². The Hall–Kier alpha value is -2.64. The number of piperidine rings is 1. The van der Waals surface area contributed by atoms with Gasteiger partial charge in [-0.05, 0) is 25.0 Å². The maximum atomic E-state index is 12.3. The van der Waals surface area contributed by atoms with E-state index in [9.17, 15) is 9.59 Å². The highest BCUT2D eigenvalue weighted by molar-refractivity contribution is 5.91. The molecule has 3 amide bonds. The average molecular weight is 335 g/mol. The maximum absolute atomic E-state index is 12.3. The SMILES string of the molecule is COC(=O)N1CCC[C@@H](NC(=O)Nc2cccc3c2OCCO3)C1. The van der Waals surface area contributed by atoms with Gasteiger partial charge in [-0.15, -0.1) is 0 Å². The van der Waals surface area contributed by atoms with Crippen LogP contribution in [0.5, 0.6) is 11.5 Å². The van der Waals surface area contributed by atoms with Crippen molar-refractivity contribution in [3.05, 3.63) is 18.2 Å². The Balaban J connectivity index is 1.59. The standard InChI is InChI=1S/C16H21N3O5/c1-22-16(21)19-7-3-4-11(10-19)17-15(20)18-12-5-2-6-13-14(12)24-9-8-23-13/h2,5-6,11H,3-4,7-10H2,1H3,(H2,17,18,20)/t11-/m1/s1. The Morgan fingerprint density at radius 3 is 2.96 bits per heavy atom. The molecular weight excluding hydrogens is 314 g/mol. The van der Waals surface area contributed by atoms with Crippen molar-refractivity contribution in [1.82, 2.24) is 10.2 Å². The van der Waals surface area contributed by atoms with Crippen molar-refractivity contribution in [2.24, 2.45) is 0 Å². The molecule has 2 aliphatic heterocycles. The number of fused-ring (bicyclic) bond motifs is 1. The van der Waals surface area contributed by atoms with Crippen LogP contribution in [0.15, 0.2) is 18.2 Å². The van der Waals surface area contributed by atoms with Crippen molar-refractivity contribution in [3.63, 3.8) is 0 Å².